The van der Waals surface area contributed by atoms with E-state index in [0.717, 1.165) is 43.1 Å². The van der Waals surface area contributed by atoms with E-state index < -0.39 is 5.60 Å². The van der Waals surface area contributed by atoms with E-state index in [1.54, 1.807) is 11.3 Å². The number of amides is 1. The van der Waals surface area contributed by atoms with Crippen molar-refractivity contribution in [2.75, 3.05) is 19.6 Å². The molecule has 1 fully saturated rings. The number of nitrogens with one attached hydrogen (secondary N) is 1. The van der Waals surface area contributed by atoms with Crippen LogP contribution in [-0.2, 0) is 9.63 Å². The van der Waals surface area contributed by atoms with E-state index in [-0.39, 0.29) is 11.9 Å². The third-order valence-electron chi connectivity index (χ3n) is 4.46. The van der Waals surface area contributed by atoms with Crippen LogP contribution >= 0.6 is 11.3 Å². The van der Waals surface area contributed by atoms with Crippen LogP contribution in [0.25, 0.3) is 0 Å². The summed E-state index contributed by atoms with van der Waals surface area (Å²) in [6.07, 6.45) is 4.38. The van der Waals surface area contributed by atoms with Crippen molar-refractivity contribution >= 4 is 23.0 Å². The number of thiophene rings is 1. The quantitative estimate of drug-likeness (QED) is 0.842. The van der Waals surface area contributed by atoms with Crippen molar-refractivity contribution in [1.29, 1.82) is 0 Å². The third kappa shape index (κ3) is 3.64. The summed E-state index contributed by atoms with van der Waals surface area (Å²) in [5, 5.41) is 9.28. The minimum absolute atomic E-state index is 0.0602. The van der Waals surface area contributed by atoms with Gasteiger partial charge in [0.15, 0.2) is 0 Å². The molecule has 2 aliphatic heterocycles. The molecule has 23 heavy (non-hydrogen) atoms. The maximum Gasteiger partial charge on any atom is 0.267 e. The van der Waals surface area contributed by atoms with E-state index in [0.29, 0.717) is 6.42 Å². The molecular formula is C17H23N3O2S. The standard InChI is InChI=1S/C17H23N3O2S/c1-3-8-20-9-6-13(7-10-20)18-16(21)17(2)12-14(19-22-17)15-5-4-11-23-15/h3-5,11,13H,1,6-10,12H2,2H3,(H,18,21)/t17-/m0/s1. The average molecular weight is 333 g/mol. The van der Waals surface area contributed by atoms with Gasteiger partial charge in [0.2, 0.25) is 5.60 Å². The molecule has 0 saturated carbocycles. The summed E-state index contributed by atoms with van der Waals surface area (Å²) >= 11 is 1.62. The lowest BCUT2D eigenvalue weighted by Crippen LogP contribution is -2.51. The molecule has 0 radical (unpaired) electrons. The van der Waals surface area contributed by atoms with Gasteiger partial charge in [0, 0.05) is 32.1 Å². The van der Waals surface area contributed by atoms with Gasteiger partial charge >= 0.3 is 0 Å². The van der Waals surface area contributed by atoms with E-state index in [2.05, 4.69) is 22.0 Å². The van der Waals surface area contributed by atoms with Crippen molar-refractivity contribution < 1.29 is 9.63 Å². The summed E-state index contributed by atoms with van der Waals surface area (Å²) in [5.74, 6) is -0.0602. The average Bonchev–Trinajstić information content (AvgIpc) is 3.19. The Bertz CT molecular complexity index is 591. The number of piperidine rings is 1. The molecule has 1 amide bonds. The fraction of sp³-hybridized carbons (Fsp3) is 0.529. The Morgan fingerprint density at radius 2 is 2.39 bits per heavy atom. The largest absolute Gasteiger partial charge is 0.379 e. The molecule has 0 spiro atoms. The highest BCUT2D eigenvalue weighted by Crippen LogP contribution is 2.29. The van der Waals surface area contributed by atoms with Gasteiger partial charge < -0.3 is 10.2 Å². The second-order valence-corrected chi connectivity index (χ2v) is 7.30. The molecule has 1 saturated heterocycles. The smallest absolute Gasteiger partial charge is 0.267 e. The van der Waals surface area contributed by atoms with Gasteiger partial charge in [-0.2, -0.15) is 0 Å². The molecule has 124 valence electrons. The Labute approximate surface area is 141 Å². The molecule has 3 heterocycles. The Balaban J connectivity index is 1.52. The molecule has 0 unspecified atom stereocenters. The van der Waals surface area contributed by atoms with Gasteiger partial charge in [-0.05, 0) is 31.2 Å². The van der Waals surface area contributed by atoms with Gasteiger partial charge in [-0.25, -0.2) is 0 Å². The Morgan fingerprint density at radius 1 is 1.61 bits per heavy atom. The number of likely N-dealkylation sites (tertiary alicyclic amines) is 1. The highest BCUT2D eigenvalue weighted by Gasteiger charge is 2.43. The second-order valence-electron chi connectivity index (χ2n) is 6.35. The molecule has 1 aromatic rings. The zero-order valence-corrected chi connectivity index (χ0v) is 14.3. The predicted molar refractivity (Wildman–Crippen MR) is 92.8 cm³/mol. The number of hydrogen-bond donors (Lipinski definition) is 1. The molecule has 0 aliphatic carbocycles. The van der Waals surface area contributed by atoms with Crippen LogP contribution in [-0.4, -0.2) is 47.8 Å². The molecule has 3 rings (SSSR count). The first-order valence-electron chi connectivity index (χ1n) is 8.04. The fourth-order valence-electron chi connectivity index (χ4n) is 3.02. The normalized spacial score (nSPS) is 25.7. The molecule has 1 aromatic heterocycles. The van der Waals surface area contributed by atoms with Crippen LogP contribution in [0.1, 0.15) is 31.1 Å². The SMILES string of the molecule is C=CCN1CCC(NC(=O)[C@]2(C)CC(c3cccs3)=NO2)CC1. The lowest BCUT2D eigenvalue weighted by molar-refractivity contribution is -0.142. The van der Waals surface area contributed by atoms with Gasteiger partial charge in [0.1, 0.15) is 5.71 Å². The van der Waals surface area contributed by atoms with Crippen molar-refractivity contribution in [2.45, 2.75) is 37.8 Å². The van der Waals surface area contributed by atoms with Crippen LogP contribution in [0.2, 0.25) is 0 Å². The van der Waals surface area contributed by atoms with E-state index in [1.165, 1.54) is 0 Å². The highest BCUT2D eigenvalue weighted by atomic mass is 32.1. The summed E-state index contributed by atoms with van der Waals surface area (Å²) in [4.78, 5) is 21.5. The lowest BCUT2D eigenvalue weighted by atomic mass is 9.96. The number of nitrogens with zero attached hydrogens (tertiary/aromatic N) is 2. The molecule has 1 N–H and O–H groups in total. The number of hydrogen-bond acceptors (Lipinski definition) is 5. The number of oxime groups is 1. The van der Waals surface area contributed by atoms with Gasteiger partial charge in [0.25, 0.3) is 5.91 Å². The van der Waals surface area contributed by atoms with Gasteiger partial charge in [-0.15, -0.1) is 17.9 Å². The molecule has 0 aromatic carbocycles. The number of carbonyl (C=O) groups excluding carboxylic acids is 1. The second kappa shape index (κ2) is 6.84. The maximum absolute atomic E-state index is 12.6. The zero-order chi connectivity index (χ0) is 16.3. The Kier molecular flexibility index (Phi) is 4.82. The molecule has 1 atom stereocenters. The minimum Gasteiger partial charge on any atom is -0.379 e. The van der Waals surface area contributed by atoms with Gasteiger partial charge in [0.05, 0.1) is 4.88 Å². The summed E-state index contributed by atoms with van der Waals surface area (Å²) in [7, 11) is 0. The maximum atomic E-state index is 12.6. The lowest BCUT2D eigenvalue weighted by Gasteiger charge is -2.33. The van der Waals surface area contributed by atoms with Gasteiger partial charge in [-0.3, -0.25) is 9.69 Å². The summed E-state index contributed by atoms with van der Waals surface area (Å²) in [6, 6.07) is 4.20. The van der Waals surface area contributed by atoms with Crippen LogP contribution in [0, 0.1) is 0 Å². The summed E-state index contributed by atoms with van der Waals surface area (Å²) < 4.78 is 0. The van der Waals surface area contributed by atoms with E-state index in [1.807, 2.05) is 30.5 Å². The Morgan fingerprint density at radius 3 is 3.04 bits per heavy atom. The summed E-state index contributed by atoms with van der Waals surface area (Å²) in [5.41, 5.74) is -0.0316. The fourth-order valence-corrected chi connectivity index (χ4v) is 3.72. The van der Waals surface area contributed by atoms with Crippen molar-refractivity contribution in [3.63, 3.8) is 0 Å². The summed E-state index contributed by atoms with van der Waals surface area (Å²) in [6.45, 7) is 8.49. The van der Waals surface area contributed by atoms with Crippen molar-refractivity contribution in [1.82, 2.24) is 10.2 Å². The van der Waals surface area contributed by atoms with E-state index in [9.17, 15) is 4.79 Å². The van der Waals surface area contributed by atoms with Crippen molar-refractivity contribution in [3.05, 3.63) is 35.0 Å². The highest BCUT2D eigenvalue weighted by molar-refractivity contribution is 7.12. The first-order chi connectivity index (χ1) is 11.1. The molecule has 6 heteroatoms. The monoisotopic (exact) mass is 333 g/mol. The van der Waals surface area contributed by atoms with E-state index in [4.69, 9.17) is 4.84 Å². The first-order valence-corrected chi connectivity index (χ1v) is 8.92. The molecule has 2 aliphatic rings. The van der Waals surface area contributed by atoms with Crippen LogP contribution in [0.5, 0.6) is 0 Å². The van der Waals surface area contributed by atoms with Crippen LogP contribution in [0.4, 0.5) is 0 Å². The third-order valence-corrected chi connectivity index (χ3v) is 5.38. The topological polar surface area (TPSA) is 53.9 Å². The van der Waals surface area contributed by atoms with Crippen LogP contribution in [0.3, 0.4) is 0 Å². The van der Waals surface area contributed by atoms with Crippen LogP contribution in [0.15, 0.2) is 35.3 Å². The van der Waals surface area contributed by atoms with Crippen LogP contribution < -0.4 is 5.32 Å². The van der Waals surface area contributed by atoms with E-state index >= 15 is 0 Å². The first kappa shape index (κ1) is 16.2. The number of carbonyl (C=O) groups is 1. The molecule has 5 nitrogen and oxygen atoms in total. The zero-order valence-electron chi connectivity index (χ0n) is 13.5. The molecular weight excluding hydrogens is 310 g/mol. The van der Waals surface area contributed by atoms with Gasteiger partial charge in [-0.1, -0.05) is 17.3 Å². The van der Waals surface area contributed by atoms with Crippen molar-refractivity contribution in [2.24, 2.45) is 5.16 Å². The van der Waals surface area contributed by atoms with Crippen molar-refractivity contribution in [3.8, 4) is 0 Å². The minimum atomic E-state index is -0.891. The number of rotatable bonds is 5. The predicted octanol–water partition coefficient (Wildman–Crippen LogP) is 2.40. The molecule has 0 bridgehead atoms. The Hall–Kier alpha value is -1.66.